The van der Waals surface area contributed by atoms with E-state index in [2.05, 4.69) is 4.98 Å². The highest BCUT2D eigenvalue weighted by atomic mass is 16.5. The van der Waals surface area contributed by atoms with E-state index in [0.29, 0.717) is 12.3 Å². The van der Waals surface area contributed by atoms with E-state index in [4.69, 9.17) is 14.9 Å². The maximum absolute atomic E-state index is 8.80. The highest BCUT2D eigenvalue weighted by Gasteiger charge is 1.96. The van der Waals surface area contributed by atoms with Crippen LogP contribution in [0.5, 0.6) is 5.75 Å². The molecular formula is C12H19NO3. The van der Waals surface area contributed by atoms with E-state index >= 15 is 0 Å². The molecule has 0 radical (unpaired) electrons. The van der Waals surface area contributed by atoms with Crippen molar-refractivity contribution in [3.05, 3.63) is 24.0 Å². The highest BCUT2D eigenvalue weighted by molar-refractivity contribution is 5.19. The summed E-state index contributed by atoms with van der Waals surface area (Å²) in [6.45, 7) is 0.903. The van der Waals surface area contributed by atoms with E-state index in [-0.39, 0.29) is 13.2 Å². The fourth-order valence-corrected chi connectivity index (χ4v) is 1.35. The minimum atomic E-state index is -0.0402. The molecule has 16 heavy (non-hydrogen) atoms. The molecule has 1 rings (SSSR count). The molecule has 0 bridgehead atoms. The van der Waals surface area contributed by atoms with Crippen molar-refractivity contribution in [2.75, 3.05) is 13.2 Å². The summed E-state index contributed by atoms with van der Waals surface area (Å²) in [5, 5.41) is 17.4. The summed E-state index contributed by atoms with van der Waals surface area (Å²) in [7, 11) is 0. The molecule has 4 nitrogen and oxygen atoms in total. The summed E-state index contributed by atoms with van der Waals surface area (Å²) in [6.07, 6.45) is 5.60. The molecule has 0 saturated heterocycles. The zero-order valence-electron chi connectivity index (χ0n) is 9.43. The van der Waals surface area contributed by atoms with Gasteiger partial charge in [0.1, 0.15) is 5.75 Å². The molecule has 0 aliphatic carbocycles. The monoisotopic (exact) mass is 225 g/mol. The zero-order chi connectivity index (χ0) is 11.6. The van der Waals surface area contributed by atoms with Crippen LogP contribution in [-0.4, -0.2) is 28.4 Å². The van der Waals surface area contributed by atoms with Gasteiger partial charge in [-0.3, -0.25) is 4.98 Å². The normalized spacial score (nSPS) is 10.4. The Morgan fingerprint density at radius 2 is 1.88 bits per heavy atom. The van der Waals surface area contributed by atoms with Crippen LogP contribution in [-0.2, 0) is 6.61 Å². The summed E-state index contributed by atoms with van der Waals surface area (Å²) in [6, 6.07) is 3.56. The smallest absolute Gasteiger partial charge is 0.137 e. The first-order valence-corrected chi connectivity index (χ1v) is 5.66. The number of rotatable bonds is 8. The molecule has 4 heteroatoms. The number of hydrogen-bond acceptors (Lipinski definition) is 4. The Labute approximate surface area is 95.9 Å². The highest BCUT2D eigenvalue weighted by Crippen LogP contribution is 2.10. The molecule has 0 aliphatic heterocycles. The third-order valence-corrected chi connectivity index (χ3v) is 2.28. The third kappa shape index (κ3) is 5.09. The van der Waals surface area contributed by atoms with Crippen LogP contribution in [0.15, 0.2) is 18.3 Å². The molecule has 0 fully saturated rings. The van der Waals surface area contributed by atoms with Gasteiger partial charge < -0.3 is 14.9 Å². The third-order valence-electron chi connectivity index (χ3n) is 2.28. The summed E-state index contributed by atoms with van der Waals surface area (Å²) >= 11 is 0. The lowest BCUT2D eigenvalue weighted by Gasteiger charge is -2.05. The summed E-state index contributed by atoms with van der Waals surface area (Å²) in [4.78, 5) is 4.02. The van der Waals surface area contributed by atoms with Crippen LogP contribution in [0.25, 0.3) is 0 Å². The largest absolute Gasteiger partial charge is 0.492 e. The predicted molar refractivity (Wildman–Crippen MR) is 61.2 cm³/mol. The standard InChI is InChI=1S/C12H19NO3/c14-7-3-1-2-4-8-16-12-6-5-11(10-15)13-9-12/h5-6,9,14-15H,1-4,7-8,10H2. The van der Waals surface area contributed by atoms with Crippen molar-refractivity contribution in [1.29, 1.82) is 0 Å². The second-order valence-electron chi connectivity index (χ2n) is 3.63. The average Bonchev–Trinajstić information content (AvgIpc) is 2.34. The van der Waals surface area contributed by atoms with Crippen molar-refractivity contribution in [2.45, 2.75) is 32.3 Å². The maximum atomic E-state index is 8.80. The number of ether oxygens (including phenoxy) is 1. The second-order valence-corrected chi connectivity index (χ2v) is 3.63. The fourth-order valence-electron chi connectivity index (χ4n) is 1.35. The Morgan fingerprint density at radius 3 is 2.50 bits per heavy atom. The lowest BCUT2D eigenvalue weighted by atomic mass is 10.2. The SMILES string of the molecule is OCCCCCCOc1ccc(CO)nc1. The molecule has 0 amide bonds. The molecule has 1 aromatic rings. The lowest BCUT2D eigenvalue weighted by Crippen LogP contribution is -1.98. The number of aromatic nitrogens is 1. The summed E-state index contributed by atoms with van der Waals surface area (Å²) < 4.78 is 5.48. The Bertz CT molecular complexity index is 274. The van der Waals surface area contributed by atoms with Crippen molar-refractivity contribution in [1.82, 2.24) is 4.98 Å². The quantitative estimate of drug-likeness (QED) is 0.658. The van der Waals surface area contributed by atoms with E-state index in [0.717, 1.165) is 31.4 Å². The number of unbranched alkanes of at least 4 members (excludes halogenated alkanes) is 3. The molecular weight excluding hydrogens is 206 g/mol. The first kappa shape index (κ1) is 12.9. The van der Waals surface area contributed by atoms with Gasteiger partial charge in [0.05, 0.1) is 25.1 Å². The maximum Gasteiger partial charge on any atom is 0.137 e. The van der Waals surface area contributed by atoms with Crippen LogP contribution in [0.1, 0.15) is 31.4 Å². The van der Waals surface area contributed by atoms with Crippen molar-refractivity contribution >= 4 is 0 Å². The number of aliphatic hydroxyl groups excluding tert-OH is 2. The molecule has 1 aromatic heterocycles. The fraction of sp³-hybridized carbons (Fsp3) is 0.583. The zero-order valence-corrected chi connectivity index (χ0v) is 9.43. The molecule has 0 unspecified atom stereocenters. The van der Waals surface area contributed by atoms with Gasteiger partial charge in [0.15, 0.2) is 0 Å². The molecule has 0 atom stereocenters. The van der Waals surface area contributed by atoms with Gasteiger partial charge in [0.2, 0.25) is 0 Å². The molecule has 0 spiro atoms. The average molecular weight is 225 g/mol. The van der Waals surface area contributed by atoms with Gasteiger partial charge in [0, 0.05) is 6.61 Å². The lowest BCUT2D eigenvalue weighted by molar-refractivity contribution is 0.270. The minimum absolute atomic E-state index is 0.0402. The van der Waals surface area contributed by atoms with Gasteiger partial charge in [-0.25, -0.2) is 0 Å². The molecule has 0 aromatic carbocycles. The van der Waals surface area contributed by atoms with E-state index in [1.54, 1.807) is 12.3 Å². The van der Waals surface area contributed by atoms with Gasteiger partial charge in [0.25, 0.3) is 0 Å². The van der Waals surface area contributed by atoms with Crippen LogP contribution in [0.4, 0.5) is 0 Å². The van der Waals surface area contributed by atoms with Gasteiger partial charge in [-0.1, -0.05) is 6.42 Å². The topological polar surface area (TPSA) is 62.6 Å². The Balaban J connectivity index is 2.12. The van der Waals surface area contributed by atoms with E-state index < -0.39 is 0 Å². The van der Waals surface area contributed by atoms with Crippen molar-refractivity contribution < 1.29 is 14.9 Å². The van der Waals surface area contributed by atoms with Crippen LogP contribution in [0.3, 0.4) is 0 Å². The van der Waals surface area contributed by atoms with Crippen LogP contribution in [0.2, 0.25) is 0 Å². The summed E-state index contributed by atoms with van der Waals surface area (Å²) in [5.41, 5.74) is 0.648. The van der Waals surface area contributed by atoms with Gasteiger partial charge >= 0.3 is 0 Å². The van der Waals surface area contributed by atoms with Gasteiger partial charge in [-0.15, -0.1) is 0 Å². The van der Waals surface area contributed by atoms with Gasteiger partial charge in [-0.2, -0.15) is 0 Å². The number of nitrogens with zero attached hydrogens (tertiary/aromatic N) is 1. The Kier molecular flexibility index (Phi) is 6.53. The van der Waals surface area contributed by atoms with Crippen molar-refractivity contribution in [3.8, 4) is 5.75 Å². The predicted octanol–water partition coefficient (Wildman–Crippen LogP) is 1.51. The van der Waals surface area contributed by atoms with Crippen molar-refractivity contribution in [2.24, 2.45) is 0 Å². The van der Waals surface area contributed by atoms with Crippen LogP contribution < -0.4 is 4.74 Å². The molecule has 0 aliphatic rings. The second kappa shape index (κ2) is 8.07. The van der Waals surface area contributed by atoms with E-state index in [9.17, 15) is 0 Å². The Morgan fingerprint density at radius 1 is 1.06 bits per heavy atom. The van der Waals surface area contributed by atoms with Gasteiger partial charge in [-0.05, 0) is 31.4 Å². The molecule has 90 valence electrons. The Hall–Kier alpha value is -1.13. The van der Waals surface area contributed by atoms with Crippen LogP contribution >= 0.6 is 0 Å². The van der Waals surface area contributed by atoms with E-state index in [1.165, 1.54) is 0 Å². The van der Waals surface area contributed by atoms with Crippen molar-refractivity contribution in [3.63, 3.8) is 0 Å². The van der Waals surface area contributed by atoms with E-state index in [1.807, 2.05) is 6.07 Å². The molecule has 0 saturated carbocycles. The first-order chi connectivity index (χ1) is 7.86. The number of aliphatic hydroxyl groups is 2. The molecule has 1 heterocycles. The number of pyridine rings is 1. The van der Waals surface area contributed by atoms with Crippen LogP contribution in [0, 0.1) is 0 Å². The minimum Gasteiger partial charge on any atom is -0.492 e. The summed E-state index contributed by atoms with van der Waals surface area (Å²) in [5.74, 6) is 0.736. The first-order valence-electron chi connectivity index (χ1n) is 5.66. The molecule has 2 N–H and O–H groups in total. The number of hydrogen-bond donors (Lipinski definition) is 2.